The Morgan fingerprint density at radius 2 is 2.05 bits per heavy atom. The molecule has 2 aromatic rings. The SMILES string of the molecule is CNCC(C)C(=O)NCc1ccc2[nH]c(C)c(C)c2c1.Cl. The highest BCUT2D eigenvalue weighted by Crippen LogP contribution is 2.22. The smallest absolute Gasteiger partial charge is 0.224 e. The first kappa shape index (κ1) is 17.5. The van der Waals surface area contributed by atoms with Crippen molar-refractivity contribution in [3.05, 3.63) is 35.0 Å². The summed E-state index contributed by atoms with van der Waals surface area (Å²) in [5.41, 5.74) is 4.75. The van der Waals surface area contributed by atoms with Gasteiger partial charge in [-0.05, 0) is 44.2 Å². The molecule has 0 saturated carbocycles. The highest BCUT2D eigenvalue weighted by Gasteiger charge is 2.11. The maximum atomic E-state index is 11.9. The summed E-state index contributed by atoms with van der Waals surface area (Å²) in [5.74, 6) is 0.0707. The van der Waals surface area contributed by atoms with E-state index in [1.165, 1.54) is 16.6 Å². The number of aromatic nitrogens is 1. The number of H-pyrrole nitrogens is 1. The average molecular weight is 310 g/mol. The second kappa shape index (κ2) is 7.48. The Morgan fingerprint density at radius 1 is 1.33 bits per heavy atom. The number of rotatable bonds is 5. The molecule has 4 nitrogen and oxygen atoms in total. The topological polar surface area (TPSA) is 56.9 Å². The molecule has 1 unspecified atom stereocenters. The summed E-state index contributed by atoms with van der Waals surface area (Å²) in [6.07, 6.45) is 0. The number of carbonyl (C=O) groups excluding carboxylic acids is 1. The van der Waals surface area contributed by atoms with Crippen molar-refractivity contribution in [3.8, 4) is 0 Å². The molecule has 2 rings (SSSR count). The van der Waals surface area contributed by atoms with E-state index in [9.17, 15) is 4.79 Å². The molecule has 0 aliphatic rings. The molecule has 1 aromatic heterocycles. The summed E-state index contributed by atoms with van der Waals surface area (Å²) in [6, 6.07) is 6.28. The molecule has 0 aliphatic carbocycles. The second-order valence-electron chi connectivity index (χ2n) is 5.43. The van der Waals surface area contributed by atoms with Crippen molar-refractivity contribution in [3.63, 3.8) is 0 Å². The monoisotopic (exact) mass is 309 g/mol. The molecule has 1 atom stereocenters. The summed E-state index contributed by atoms with van der Waals surface area (Å²) in [5, 5.41) is 7.24. The lowest BCUT2D eigenvalue weighted by Gasteiger charge is -2.11. The third kappa shape index (κ3) is 3.99. The Hall–Kier alpha value is -1.52. The third-order valence-electron chi connectivity index (χ3n) is 3.80. The Kier molecular flexibility index (Phi) is 6.24. The molecule has 0 bridgehead atoms. The van der Waals surface area contributed by atoms with Crippen LogP contribution in [-0.4, -0.2) is 24.5 Å². The van der Waals surface area contributed by atoms with E-state index in [1.54, 1.807) is 0 Å². The van der Waals surface area contributed by atoms with Gasteiger partial charge in [0, 0.05) is 35.6 Å². The van der Waals surface area contributed by atoms with E-state index in [4.69, 9.17) is 0 Å². The second-order valence-corrected chi connectivity index (χ2v) is 5.43. The average Bonchev–Trinajstić information content (AvgIpc) is 2.72. The fraction of sp³-hybridized carbons (Fsp3) is 0.438. The lowest BCUT2D eigenvalue weighted by atomic mass is 10.1. The summed E-state index contributed by atoms with van der Waals surface area (Å²) in [6.45, 7) is 7.39. The molecule has 1 heterocycles. The van der Waals surface area contributed by atoms with Gasteiger partial charge >= 0.3 is 0 Å². The summed E-state index contributed by atoms with van der Waals surface area (Å²) >= 11 is 0. The fourth-order valence-electron chi connectivity index (χ4n) is 2.38. The molecule has 0 fully saturated rings. The Labute approximate surface area is 132 Å². The number of nitrogens with one attached hydrogen (secondary N) is 3. The maximum absolute atomic E-state index is 11.9. The molecule has 5 heteroatoms. The van der Waals surface area contributed by atoms with Gasteiger partial charge < -0.3 is 15.6 Å². The minimum absolute atomic E-state index is 0. The zero-order valence-corrected chi connectivity index (χ0v) is 13.9. The van der Waals surface area contributed by atoms with Crippen molar-refractivity contribution < 1.29 is 4.79 Å². The van der Waals surface area contributed by atoms with Crippen molar-refractivity contribution in [2.45, 2.75) is 27.3 Å². The van der Waals surface area contributed by atoms with Gasteiger partial charge in [0.05, 0.1) is 0 Å². The van der Waals surface area contributed by atoms with E-state index < -0.39 is 0 Å². The normalized spacial score (nSPS) is 12.0. The minimum atomic E-state index is -0.0139. The van der Waals surface area contributed by atoms with Crippen LogP contribution < -0.4 is 10.6 Å². The van der Waals surface area contributed by atoms with Gasteiger partial charge in [-0.3, -0.25) is 4.79 Å². The third-order valence-corrected chi connectivity index (χ3v) is 3.80. The molecular formula is C16H24ClN3O. The number of benzene rings is 1. The van der Waals surface area contributed by atoms with Crippen LogP contribution in [0.2, 0.25) is 0 Å². The van der Waals surface area contributed by atoms with Gasteiger partial charge in [-0.1, -0.05) is 13.0 Å². The van der Waals surface area contributed by atoms with Gasteiger partial charge in [0.15, 0.2) is 0 Å². The van der Waals surface area contributed by atoms with Crippen LogP contribution in [0.3, 0.4) is 0 Å². The number of carbonyl (C=O) groups is 1. The molecule has 3 N–H and O–H groups in total. The number of hydrogen-bond acceptors (Lipinski definition) is 2. The highest BCUT2D eigenvalue weighted by atomic mass is 35.5. The molecule has 0 saturated heterocycles. The molecule has 21 heavy (non-hydrogen) atoms. The number of aryl methyl sites for hydroxylation is 2. The number of halogens is 1. The van der Waals surface area contributed by atoms with E-state index in [-0.39, 0.29) is 24.2 Å². The van der Waals surface area contributed by atoms with Crippen LogP contribution in [0.15, 0.2) is 18.2 Å². The van der Waals surface area contributed by atoms with E-state index in [2.05, 4.69) is 47.7 Å². The zero-order valence-electron chi connectivity index (χ0n) is 13.0. The molecule has 0 aliphatic heterocycles. The number of fused-ring (bicyclic) bond motifs is 1. The Balaban J connectivity index is 0.00000220. The van der Waals surface area contributed by atoms with Gasteiger partial charge in [0.2, 0.25) is 5.91 Å². The van der Waals surface area contributed by atoms with Crippen LogP contribution in [-0.2, 0) is 11.3 Å². The molecular weight excluding hydrogens is 286 g/mol. The standard InChI is InChI=1S/C16H23N3O.ClH/c1-10(8-17-4)16(20)18-9-13-5-6-15-14(7-13)11(2)12(3)19-15;/h5-7,10,17,19H,8-9H2,1-4H3,(H,18,20);1H. The lowest BCUT2D eigenvalue weighted by Crippen LogP contribution is -2.33. The molecule has 0 spiro atoms. The first-order valence-electron chi connectivity index (χ1n) is 7.03. The largest absolute Gasteiger partial charge is 0.358 e. The van der Waals surface area contributed by atoms with E-state index >= 15 is 0 Å². The van der Waals surface area contributed by atoms with Gasteiger partial charge in [-0.15, -0.1) is 12.4 Å². The quantitative estimate of drug-likeness (QED) is 0.795. The van der Waals surface area contributed by atoms with E-state index in [1.807, 2.05) is 14.0 Å². The fourth-order valence-corrected chi connectivity index (χ4v) is 2.38. The molecule has 116 valence electrons. The van der Waals surface area contributed by atoms with Crippen molar-refractivity contribution in [2.24, 2.45) is 5.92 Å². The van der Waals surface area contributed by atoms with Crippen LogP contribution in [0.4, 0.5) is 0 Å². The molecule has 1 amide bonds. The Bertz CT molecular complexity index is 621. The van der Waals surface area contributed by atoms with Crippen molar-refractivity contribution in [1.82, 2.24) is 15.6 Å². The zero-order chi connectivity index (χ0) is 14.7. The van der Waals surface area contributed by atoms with Crippen LogP contribution in [0.5, 0.6) is 0 Å². The van der Waals surface area contributed by atoms with Crippen LogP contribution in [0, 0.1) is 19.8 Å². The van der Waals surface area contributed by atoms with Crippen LogP contribution in [0.25, 0.3) is 10.9 Å². The van der Waals surface area contributed by atoms with Crippen molar-refractivity contribution in [2.75, 3.05) is 13.6 Å². The lowest BCUT2D eigenvalue weighted by molar-refractivity contribution is -0.124. The predicted molar refractivity (Wildman–Crippen MR) is 90.0 cm³/mol. The number of amides is 1. The van der Waals surface area contributed by atoms with Crippen molar-refractivity contribution in [1.29, 1.82) is 0 Å². The summed E-state index contributed by atoms with van der Waals surface area (Å²) in [4.78, 5) is 15.2. The van der Waals surface area contributed by atoms with Crippen LogP contribution >= 0.6 is 12.4 Å². The highest BCUT2D eigenvalue weighted by molar-refractivity contribution is 5.85. The molecule has 1 aromatic carbocycles. The maximum Gasteiger partial charge on any atom is 0.224 e. The summed E-state index contributed by atoms with van der Waals surface area (Å²) in [7, 11) is 1.86. The number of aromatic amines is 1. The van der Waals surface area contributed by atoms with E-state index in [0.29, 0.717) is 13.1 Å². The Morgan fingerprint density at radius 3 is 2.71 bits per heavy atom. The van der Waals surface area contributed by atoms with Gasteiger partial charge in [0.1, 0.15) is 0 Å². The van der Waals surface area contributed by atoms with Gasteiger partial charge in [-0.2, -0.15) is 0 Å². The number of hydrogen-bond donors (Lipinski definition) is 3. The molecule has 0 radical (unpaired) electrons. The predicted octanol–water partition coefficient (Wildman–Crippen LogP) is 2.68. The first-order chi connectivity index (χ1) is 9.52. The minimum Gasteiger partial charge on any atom is -0.358 e. The first-order valence-corrected chi connectivity index (χ1v) is 7.03. The van der Waals surface area contributed by atoms with E-state index in [0.717, 1.165) is 11.1 Å². The van der Waals surface area contributed by atoms with Gasteiger partial charge in [0.25, 0.3) is 0 Å². The summed E-state index contributed by atoms with van der Waals surface area (Å²) < 4.78 is 0. The van der Waals surface area contributed by atoms with Crippen molar-refractivity contribution >= 4 is 29.2 Å². The van der Waals surface area contributed by atoms with Crippen LogP contribution in [0.1, 0.15) is 23.7 Å². The van der Waals surface area contributed by atoms with Gasteiger partial charge in [-0.25, -0.2) is 0 Å².